The molecule has 16 heavy (non-hydrogen) atoms. The summed E-state index contributed by atoms with van der Waals surface area (Å²) in [4.78, 5) is 4.06. The SMILES string of the molecule is COc1cncc(OC)c1C1CNCCO1. The molecule has 5 heteroatoms. The number of methoxy groups -OCH3 is 2. The van der Waals surface area contributed by atoms with Gasteiger partial charge in [-0.15, -0.1) is 0 Å². The Labute approximate surface area is 94.7 Å². The number of hydrogen-bond donors (Lipinski definition) is 1. The van der Waals surface area contributed by atoms with Crippen molar-refractivity contribution in [3.05, 3.63) is 18.0 Å². The smallest absolute Gasteiger partial charge is 0.146 e. The van der Waals surface area contributed by atoms with Crippen LogP contribution in [0.1, 0.15) is 11.7 Å². The van der Waals surface area contributed by atoms with Crippen molar-refractivity contribution in [2.24, 2.45) is 0 Å². The van der Waals surface area contributed by atoms with Gasteiger partial charge in [0.1, 0.15) is 17.6 Å². The van der Waals surface area contributed by atoms with Crippen LogP contribution in [0.25, 0.3) is 0 Å². The molecule has 1 aromatic rings. The molecule has 1 N–H and O–H groups in total. The minimum Gasteiger partial charge on any atom is -0.495 e. The van der Waals surface area contributed by atoms with Crippen LogP contribution in [0.2, 0.25) is 0 Å². The lowest BCUT2D eigenvalue weighted by Crippen LogP contribution is -2.33. The summed E-state index contributed by atoms with van der Waals surface area (Å²) in [5.41, 5.74) is 0.923. The number of aromatic nitrogens is 1. The van der Waals surface area contributed by atoms with Gasteiger partial charge >= 0.3 is 0 Å². The Kier molecular flexibility index (Phi) is 3.58. The van der Waals surface area contributed by atoms with E-state index in [1.54, 1.807) is 26.6 Å². The van der Waals surface area contributed by atoms with Crippen LogP contribution < -0.4 is 14.8 Å². The van der Waals surface area contributed by atoms with Crippen LogP contribution in [0.5, 0.6) is 11.5 Å². The lowest BCUT2D eigenvalue weighted by Gasteiger charge is -2.26. The highest BCUT2D eigenvalue weighted by Gasteiger charge is 2.23. The molecule has 5 nitrogen and oxygen atoms in total. The van der Waals surface area contributed by atoms with Crippen molar-refractivity contribution in [1.82, 2.24) is 10.3 Å². The zero-order valence-corrected chi connectivity index (χ0v) is 9.53. The van der Waals surface area contributed by atoms with Gasteiger partial charge in [-0.25, -0.2) is 0 Å². The molecule has 0 spiro atoms. The highest BCUT2D eigenvalue weighted by atomic mass is 16.5. The average molecular weight is 224 g/mol. The summed E-state index contributed by atoms with van der Waals surface area (Å²) in [7, 11) is 3.24. The molecule has 2 heterocycles. The standard InChI is InChI=1S/C11H16N2O3/c1-14-8-5-13-6-9(15-2)11(8)10-7-12-3-4-16-10/h5-6,10,12H,3-4,7H2,1-2H3. The van der Waals surface area contributed by atoms with Gasteiger partial charge in [-0.2, -0.15) is 0 Å². The van der Waals surface area contributed by atoms with E-state index >= 15 is 0 Å². The Morgan fingerprint density at radius 1 is 1.31 bits per heavy atom. The van der Waals surface area contributed by atoms with Gasteiger partial charge in [-0.3, -0.25) is 4.98 Å². The Balaban J connectivity index is 2.34. The Morgan fingerprint density at radius 3 is 2.50 bits per heavy atom. The van der Waals surface area contributed by atoms with Gasteiger partial charge in [0.15, 0.2) is 0 Å². The highest BCUT2D eigenvalue weighted by Crippen LogP contribution is 2.35. The van der Waals surface area contributed by atoms with Crippen molar-refractivity contribution in [3.8, 4) is 11.5 Å². The molecule has 0 amide bonds. The Bertz CT molecular complexity index is 329. The summed E-state index contributed by atoms with van der Waals surface area (Å²) in [6, 6.07) is 0. The number of nitrogens with one attached hydrogen (secondary N) is 1. The summed E-state index contributed by atoms with van der Waals surface area (Å²) >= 11 is 0. The average Bonchev–Trinajstić information content (AvgIpc) is 2.38. The molecule has 88 valence electrons. The number of morpholine rings is 1. The molecule has 0 aliphatic carbocycles. The molecule has 2 rings (SSSR count). The van der Waals surface area contributed by atoms with Crippen molar-refractivity contribution < 1.29 is 14.2 Å². The minimum absolute atomic E-state index is 0.0401. The van der Waals surface area contributed by atoms with Gasteiger partial charge in [0.2, 0.25) is 0 Å². The van der Waals surface area contributed by atoms with Gasteiger partial charge < -0.3 is 19.5 Å². The molecule has 0 aromatic carbocycles. The molecule has 1 atom stereocenters. The number of ether oxygens (including phenoxy) is 3. The van der Waals surface area contributed by atoms with Crippen LogP contribution in [0, 0.1) is 0 Å². The van der Waals surface area contributed by atoms with Gasteiger partial charge in [0.05, 0.1) is 38.8 Å². The molecule has 1 aliphatic rings. The lowest BCUT2D eigenvalue weighted by molar-refractivity contribution is 0.0247. The maximum absolute atomic E-state index is 5.70. The van der Waals surface area contributed by atoms with E-state index in [4.69, 9.17) is 14.2 Å². The highest BCUT2D eigenvalue weighted by molar-refractivity contribution is 5.43. The van der Waals surface area contributed by atoms with E-state index in [1.165, 1.54) is 0 Å². The first kappa shape index (κ1) is 11.2. The van der Waals surface area contributed by atoms with E-state index in [1.807, 2.05) is 0 Å². The van der Waals surface area contributed by atoms with E-state index in [-0.39, 0.29) is 6.10 Å². The summed E-state index contributed by atoms with van der Waals surface area (Å²) in [5, 5.41) is 3.28. The molecule has 0 bridgehead atoms. The predicted octanol–water partition coefficient (Wildman–Crippen LogP) is 0.760. The second kappa shape index (κ2) is 5.14. The van der Waals surface area contributed by atoms with E-state index in [9.17, 15) is 0 Å². The first-order chi connectivity index (χ1) is 7.86. The third kappa shape index (κ3) is 2.10. The van der Waals surface area contributed by atoms with Crippen LogP contribution in [0.3, 0.4) is 0 Å². The van der Waals surface area contributed by atoms with Crippen molar-refractivity contribution in [2.45, 2.75) is 6.10 Å². The second-order valence-corrected chi connectivity index (χ2v) is 3.52. The van der Waals surface area contributed by atoms with Crippen LogP contribution in [-0.4, -0.2) is 38.9 Å². The maximum atomic E-state index is 5.70. The lowest BCUT2D eigenvalue weighted by atomic mass is 10.1. The van der Waals surface area contributed by atoms with Crippen LogP contribution in [-0.2, 0) is 4.74 Å². The Morgan fingerprint density at radius 2 is 2.00 bits per heavy atom. The summed E-state index contributed by atoms with van der Waals surface area (Å²) < 4.78 is 16.3. The molecule has 1 aliphatic heterocycles. The van der Waals surface area contributed by atoms with Crippen LogP contribution >= 0.6 is 0 Å². The number of hydrogen-bond acceptors (Lipinski definition) is 5. The molecule has 0 saturated carbocycles. The summed E-state index contributed by atoms with van der Waals surface area (Å²) in [5.74, 6) is 1.40. The van der Waals surface area contributed by atoms with Crippen molar-refractivity contribution in [2.75, 3.05) is 33.9 Å². The van der Waals surface area contributed by atoms with Gasteiger partial charge in [-0.1, -0.05) is 0 Å². The van der Waals surface area contributed by atoms with E-state index in [0.29, 0.717) is 18.1 Å². The molecule has 1 aromatic heterocycles. The van der Waals surface area contributed by atoms with Gasteiger partial charge in [0.25, 0.3) is 0 Å². The van der Waals surface area contributed by atoms with Crippen molar-refractivity contribution >= 4 is 0 Å². The van der Waals surface area contributed by atoms with Crippen molar-refractivity contribution in [1.29, 1.82) is 0 Å². The summed E-state index contributed by atoms with van der Waals surface area (Å²) in [6.07, 6.45) is 3.31. The second-order valence-electron chi connectivity index (χ2n) is 3.52. The van der Waals surface area contributed by atoms with Gasteiger partial charge in [-0.05, 0) is 0 Å². The van der Waals surface area contributed by atoms with E-state index < -0.39 is 0 Å². The largest absolute Gasteiger partial charge is 0.495 e. The third-order valence-electron chi connectivity index (χ3n) is 2.60. The number of pyridine rings is 1. The third-order valence-corrected chi connectivity index (χ3v) is 2.60. The molecule has 1 saturated heterocycles. The first-order valence-electron chi connectivity index (χ1n) is 5.25. The van der Waals surface area contributed by atoms with E-state index in [0.717, 1.165) is 18.7 Å². The molecular formula is C11H16N2O3. The molecule has 1 unspecified atom stereocenters. The quantitative estimate of drug-likeness (QED) is 0.821. The Hall–Kier alpha value is -1.33. The van der Waals surface area contributed by atoms with Crippen molar-refractivity contribution in [3.63, 3.8) is 0 Å². The monoisotopic (exact) mass is 224 g/mol. The minimum atomic E-state index is -0.0401. The fraction of sp³-hybridized carbons (Fsp3) is 0.545. The predicted molar refractivity (Wildman–Crippen MR) is 58.9 cm³/mol. The topological polar surface area (TPSA) is 52.6 Å². The fourth-order valence-electron chi connectivity index (χ4n) is 1.83. The zero-order valence-electron chi connectivity index (χ0n) is 9.53. The maximum Gasteiger partial charge on any atom is 0.146 e. The number of nitrogens with zero attached hydrogens (tertiary/aromatic N) is 1. The summed E-state index contributed by atoms with van der Waals surface area (Å²) in [6.45, 7) is 2.34. The van der Waals surface area contributed by atoms with Crippen LogP contribution in [0.15, 0.2) is 12.4 Å². The normalized spacial score (nSPS) is 20.5. The number of rotatable bonds is 3. The fourth-order valence-corrected chi connectivity index (χ4v) is 1.83. The molecule has 0 radical (unpaired) electrons. The van der Waals surface area contributed by atoms with Crippen LogP contribution in [0.4, 0.5) is 0 Å². The molecule has 1 fully saturated rings. The molecular weight excluding hydrogens is 208 g/mol. The zero-order chi connectivity index (χ0) is 11.4. The first-order valence-corrected chi connectivity index (χ1v) is 5.25. The van der Waals surface area contributed by atoms with Gasteiger partial charge in [0, 0.05) is 13.1 Å². The van der Waals surface area contributed by atoms with E-state index in [2.05, 4.69) is 10.3 Å².